The SMILES string of the molecule is CC(C)(C)c1c[c-]c2c(c1)-c1cc(C(C)(C)C)ccc1C2.CC1[C-]=CC(C(C)(C)C)=C1.[Cl-].[Cl-].[Hf+2]=[C](c1ccccc1)c1ccccc1. The van der Waals surface area contributed by atoms with E-state index in [-0.39, 0.29) is 35.6 Å². The van der Waals surface area contributed by atoms with Gasteiger partial charge in [-0.15, -0.1) is 5.56 Å². The van der Waals surface area contributed by atoms with E-state index < -0.39 is 0 Å². The Bertz CT molecular complexity index is 1570. The van der Waals surface area contributed by atoms with Crippen LogP contribution < -0.4 is 24.8 Å². The fourth-order valence-corrected chi connectivity index (χ4v) is 6.61. The number of hydrogen-bond acceptors (Lipinski definition) is 0. The molecular weight excluding hydrogens is 778 g/mol. The monoisotopic (exact) mass is 828 g/mol. The molecule has 0 spiro atoms. The second-order valence-corrected chi connectivity index (χ2v) is 17.2. The topological polar surface area (TPSA) is 0 Å². The Morgan fingerprint density at radius 3 is 1.60 bits per heavy atom. The van der Waals surface area contributed by atoms with Gasteiger partial charge >= 0.3 is 98.9 Å². The van der Waals surface area contributed by atoms with E-state index >= 15 is 0 Å². The molecule has 0 amide bonds. The standard InChI is InChI=1S/C21H25.C13H10.C10H15.2ClH.Hf/c1-20(2,3)16-9-7-14-11-15-8-10-17(21(4,5)6)13-19(15)18(14)12-16;1-3-7-12(8-4-1)11-13-9-5-2-6-10-13;1-8-5-6-9(7-8)10(2,3)4;;;/h7,9-10,12-13H,11H2,1-6H3;1-10H;6-8H,1-4H3;2*1H;/q-1;;-1;;;+2/p-2. The summed E-state index contributed by atoms with van der Waals surface area (Å²) in [5.41, 5.74) is 13.2. The molecule has 6 rings (SSSR count). The molecule has 0 bridgehead atoms. The first-order valence-corrected chi connectivity index (χ1v) is 18.0. The maximum absolute atomic E-state index is 3.53. The summed E-state index contributed by atoms with van der Waals surface area (Å²) >= 11 is 1.08. The first kappa shape index (κ1) is 40.9. The third kappa shape index (κ3) is 11.1. The van der Waals surface area contributed by atoms with Crippen LogP contribution in [-0.4, -0.2) is 3.26 Å². The number of hydrogen-bond donors (Lipinski definition) is 0. The van der Waals surface area contributed by atoms with E-state index in [0.717, 1.165) is 30.3 Å². The third-order valence-corrected chi connectivity index (χ3v) is 10.5. The molecule has 2 aliphatic rings. The van der Waals surface area contributed by atoms with Crippen molar-refractivity contribution in [2.45, 2.75) is 86.5 Å². The predicted octanol–water partition coefficient (Wildman–Crippen LogP) is 5.43. The zero-order valence-corrected chi connectivity index (χ0v) is 35.0. The van der Waals surface area contributed by atoms with Gasteiger partial charge in [-0.05, 0) is 17.4 Å². The van der Waals surface area contributed by atoms with Gasteiger partial charge in [0.25, 0.3) is 0 Å². The van der Waals surface area contributed by atoms with Gasteiger partial charge in [0.05, 0.1) is 0 Å². The molecule has 0 radical (unpaired) electrons. The minimum absolute atomic E-state index is 0. The zero-order chi connectivity index (χ0) is 33.0. The van der Waals surface area contributed by atoms with Crippen molar-refractivity contribution in [2.75, 3.05) is 0 Å². The Kier molecular flexibility index (Phi) is 14.7. The second-order valence-electron chi connectivity index (χ2n) is 15.4. The Morgan fingerprint density at radius 2 is 1.17 bits per heavy atom. The molecule has 0 N–H and O–H groups in total. The van der Waals surface area contributed by atoms with E-state index in [9.17, 15) is 0 Å². The fourth-order valence-electron chi connectivity index (χ4n) is 5.41. The number of allylic oxidation sites excluding steroid dienone is 4. The minimum atomic E-state index is 0. The molecule has 0 nitrogen and oxygen atoms in total. The molecule has 4 aromatic carbocycles. The van der Waals surface area contributed by atoms with E-state index in [0.29, 0.717) is 11.3 Å². The van der Waals surface area contributed by atoms with Crippen molar-refractivity contribution in [1.82, 2.24) is 0 Å². The summed E-state index contributed by atoms with van der Waals surface area (Å²) in [7, 11) is 0. The van der Waals surface area contributed by atoms with Crippen LogP contribution in [0.3, 0.4) is 0 Å². The van der Waals surface area contributed by atoms with E-state index in [1.807, 2.05) is 0 Å². The summed E-state index contributed by atoms with van der Waals surface area (Å²) in [5, 5.41) is 0. The van der Waals surface area contributed by atoms with Gasteiger partial charge < -0.3 is 24.8 Å². The Hall–Kier alpha value is -2.32. The average Bonchev–Trinajstić information content (AvgIpc) is 3.60. The van der Waals surface area contributed by atoms with Crippen LogP contribution >= 0.6 is 0 Å². The molecule has 246 valence electrons. The molecule has 1 atom stereocenters. The first-order chi connectivity index (χ1) is 21.0. The molecule has 0 saturated carbocycles. The summed E-state index contributed by atoms with van der Waals surface area (Å²) in [6, 6.07) is 36.3. The predicted molar refractivity (Wildman–Crippen MR) is 192 cm³/mol. The van der Waals surface area contributed by atoms with Crippen molar-refractivity contribution in [1.29, 1.82) is 0 Å². The van der Waals surface area contributed by atoms with E-state index in [1.165, 1.54) is 53.3 Å². The summed E-state index contributed by atoms with van der Waals surface area (Å²) in [6.45, 7) is 22.5. The fraction of sp³-hybridized carbons (Fsp3) is 0.341. The van der Waals surface area contributed by atoms with Crippen LogP contribution in [0, 0.1) is 23.5 Å². The van der Waals surface area contributed by atoms with Gasteiger partial charge in [0.2, 0.25) is 0 Å². The molecule has 0 aliphatic heterocycles. The average molecular weight is 828 g/mol. The van der Waals surface area contributed by atoms with Gasteiger partial charge in [0, 0.05) is 0 Å². The molecule has 0 saturated heterocycles. The summed E-state index contributed by atoms with van der Waals surface area (Å²) in [6.07, 6.45) is 8.68. The molecular formula is C44H50Cl2Hf-2. The zero-order valence-electron chi connectivity index (χ0n) is 29.9. The maximum atomic E-state index is 3.53. The van der Waals surface area contributed by atoms with Crippen LogP contribution in [-0.2, 0) is 41.1 Å². The van der Waals surface area contributed by atoms with Crippen molar-refractivity contribution >= 4 is 3.26 Å². The molecule has 3 heteroatoms. The number of benzene rings is 4. The van der Waals surface area contributed by atoms with Gasteiger partial charge in [-0.2, -0.15) is 41.0 Å². The van der Waals surface area contributed by atoms with E-state index in [4.69, 9.17) is 0 Å². The first-order valence-electron chi connectivity index (χ1n) is 16.2. The Labute approximate surface area is 313 Å². The third-order valence-electron chi connectivity index (χ3n) is 8.45. The van der Waals surface area contributed by atoms with E-state index in [2.05, 4.69) is 185 Å². The number of rotatable bonds is 2. The van der Waals surface area contributed by atoms with Gasteiger partial charge in [0.1, 0.15) is 0 Å². The summed E-state index contributed by atoms with van der Waals surface area (Å²) in [4.78, 5) is 0. The van der Waals surface area contributed by atoms with E-state index in [1.54, 1.807) is 0 Å². The summed E-state index contributed by atoms with van der Waals surface area (Å²) < 4.78 is 1.46. The molecule has 2 aliphatic carbocycles. The Morgan fingerprint density at radius 1 is 0.660 bits per heavy atom. The molecule has 4 aromatic rings. The normalized spacial score (nSPS) is 14.6. The molecule has 0 heterocycles. The van der Waals surface area contributed by atoms with Crippen molar-refractivity contribution < 1.29 is 48.7 Å². The molecule has 47 heavy (non-hydrogen) atoms. The van der Waals surface area contributed by atoms with Crippen molar-refractivity contribution in [2.24, 2.45) is 11.3 Å². The van der Waals surface area contributed by atoms with Gasteiger partial charge in [-0.25, -0.2) is 6.08 Å². The number of fused-ring (bicyclic) bond motifs is 3. The van der Waals surface area contributed by atoms with Crippen LogP contribution in [0.4, 0.5) is 0 Å². The van der Waals surface area contributed by atoms with Crippen LogP contribution in [0.2, 0.25) is 0 Å². The van der Waals surface area contributed by atoms with Crippen molar-refractivity contribution in [3.8, 4) is 11.1 Å². The van der Waals surface area contributed by atoms with Crippen LogP contribution in [0.5, 0.6) is 0 Å². The van der Waals surface area contributed by atoms with Crippen LogP contribution in [0.1, 0.15) is 103 Å². The van der Waals surface area contributed by atoms with Crippen molar-refractivity contribution in [3.05, 3.63) is 154 Å². The van der Waals surface area contributed by atoms with Crippen LogP contribution in [0.15, 0.2) is 109 Å². The second kappa shape index (κ2) is 16.9. The van der Waals surface area contributed by atoms with Crippen molar-refractivity contribution in [3.63, 3.8) is 0 Å². The van der Waals surface area contributed by atoms with Gasteiger partial charge in [0.15, 0.2) is 0 Å². The quantitative estimate of drug-likeness (QED) is 0.165. The molecule has 0 aromatic heterocycles. The Balaban J connectivity index is 0.000000258. The number of halogens is 2. The van der Waals surface area contributed by atoms with Gasteiger partial charge in [-0.3, -0.25) is 6.08 Å². The van der Waals surface area contributed by atoms with Gasteiger partial charge in [-0.1, -0.05) is 115 Å². The van der Waals surface area contributed by atoms with Crippen LogP contribution in [0.25, 0.3) is 11.1 Å². The summed E-state index contributed by atoms with van der Waals surface area (Å²) in [5.74, 6) is 0.522. The molecule has 0 fully saturated rings. The molecule has 1 unspecified atom stereocenters.